The van der Waals surface area contributed by atoms with Gasteiger partial charge in [0.05, 0.1) is 10.2 Å². The van der Waals surface area contributed by atoms with Gasteiger partial charge in [0.25, 0.3) is 0 Å². The average molecular weight is 342 g/mol. The van der Waals surface area contributed by atoms with Gasteiger partial charge in [0.15, 0.2) is 5.82 Å². The zero-order valence-corrected chi connectivity index (χ0v) is 12.9. The number of rotatable bonds is 2. The Kier molecular flexibility index (Phi) is 3.58. The molecule has 2 aromatic heterocycles. The molecule has 1 saturated carbocycles. The number of nitrogens with zero attached hydrogens (tertiary/aromatic N) is 4. The van der Waals surface area contributed by atoms with Crippen LogP contribution < -0.4 is 0 Å². The second kappa shape index (κ2) is 5.21. The van der Waals surface area contributed by atoms with Gasteiger partial charge in [0.1, 0.15) is 10.8 Å². The van der Waals surface area contributed by atoms with E-state index in [0.29, 0.717) is 16.9 Å². The smallest absolute Gasteiger partial charge is 0.181 e. The zero-order chi connectivity index (χ0) is 13.4. The molecule has 1 aliphatic rings. The van der Waals surface area contributed by atoms with Crippen molar-refractivity contribution in [1.29, 1.82) is 0 Å². The van der Waals surface area contributed by atoms with Gasteiger partial charge in [-0.25, -0.2) is 9.97 Å². The molecule has 19 heavy (non-hydrogen) atoms. The van der Waals surface area contributed by atoms with Crippen molar-refractivity contribution in [2.24, 2.45) is 7.05 Å². The summed E-state index contributed by atoms with van der Waals surface area (Å²) in [7, 11) is 1.88. The molecule has 2 heterocycles. The van der Waals surface area contributed by atoms with Gasteiger partial charge in [0.2, 0.25) is 0 Å². The monoisotopic (exact) mass is 340 g/mol. The summed E-state index contributed by atoms with van der Waals surface area (Å²) >= 11 is 9.74. The van der Waals surface area contributed by atoms with Crippen LogP contribution in [0.15, 0.2) is 16.7 Å². The Hall–Kier alpha value is -0.940. The molecule has 0 atom stereocenters. The summed E-state index contributed by atoms with van der Waals surface area (Å²) < 4.78 is 2.57. The molecule has 0 amide bonds. The Bertz CT molecular complexity index is 605. The molecule has 0 N–H and O–H groups in total. The van der Waals surface area contributed by atoms with Crippen LogP contribution in [-0.2, 0) is 7.05 Å². The van der Waals surface area contributed by atoms with Gasteiger partial charge in [-0.15, -0.1) is 0 Å². The normalized spacial score (nSPS) is 16.2. The van der Waals surface area contributed by atoms with Crippen LogP contribution in [-0.4, -0.2) is 19.7 Å². The first-order valence-electron chi connectivity index (χ1n) is 6.38. The molecule has 4 nitrogen and oxygen atoms in total. The fourth-order valence-corrected chi connectivity index (χ4v) is 3.23. The summed E-state index contributed by atoms with van der Waals surface area (Å²) in [5.74, 6) is 1.09. The van der Waals surface area contributed by atoms with Crippen LogP contribution in [0.25, 0.3) is 11.5 Å². The fourth-order valence-electron chi connectivity index (χ4n) is 2.55. The van der Waals surface area contributed by atoms with E-state index in [0.717, 1.165) is 15.9 Å². The Labute approximate surface area is 125 Å². The summed E-state index contributed by atoms with van der Waals surface area (Å²) in [5, 5.41) is 4.81. The van der Waals surface area contributed by atoms with E-state index in [1.54, 1.807) is 4.68 Å². The molecular weight excluding hydrogens is 328 g/mol. The maximum absolute atomic E-state index is 6.22. The summed E-state index contributed by atoms with van der Waals surface area (Å²) in [6.07, 6.45) is 6.75. The lowest BCUT2D eigenvalue weighted by Crippen LogP contribution is -2.03. The van der Waals surface area contributed by atoms with Gasteiger partial charge in [-0.2, -0.15) is 5.10 Å². The van der Waals surface area contributed by atoms with Gasteiger partial charge in [-0.3, -0.25) is 4.68 Å². The summed E-state index contributed by atoms with van der Waals surface area (Å²) in [5.41, 5.74) is 1.79. The van der Waals surface area contributed by atoms with Crippen molar-refractivity contribution in [2.75, 3.05) is 0 Å². The Morgan fingerprint density at radius 3 is 2.68 bits per heavy atom. The predicted molar refractivity (Wildman–Crippen MR) is 78.2 cm³/mol. The lowest BCUT2D eigenvalue weighted by Gasteiger charge is -2.12. The number of hydrogen-bond acceptors (Lipinski definition) is 3. The van der Waals surface area contributed by atoms with Gasteiger partial charge >= 0.3 is 0 Å². The van der Waals surface area contributed by atoms with Gasteiger partial charge in [0, 0.05) is 19.2 Å². The standard InChI is InChI=1S/C13H14BrClN4/c1-19-7-6-9(18-19)13-16-11(8-4-2-3-5-8)10(14)12(15)17-13/h6-8H,2-5H2,1H3. The minimum Gasteiger partial charge on any atom is -0.275 e. The first kappa shape index (κ1) is 13.1. The van der Waals surface area contributed by atoms with Crippen molar-refractivity contribution in [3.63, 3.8) is 0 Å². The van der Waals surface area contributed by atoms with E-state index in [1.807, 2.05) is 19.3 Å². The highest BCUT2D eigenvalue weighted by molar-refractivity contribution is 9.10. The number of aromatic nitrogens is 4. The van der Waals surface area contributed by atoms with Crippen LogP contribution in [0, 0.1) is 0 Å². The first-order valence-corrected chi connectivity index (χ1v) is 7.55. The van der Waals surface area contributed by atoms with Crippen molar-refractivity contribution >= 4 is 27.5 Å². The van der Waals surface area contributed by atoms with Crippen molar-refractivity contribution < 1.29 is 0 Å². The Morgan fingerprint density at radius 2 is 2.05 bits per heavy atom. The van der Waals surface area contributed by atoms with Crippen molar-refractivity contribution in [1.82, 2.24) is 19.7 Å². The van der Waals surface area contributed by atoms with E-state index in [2.05, 4.69) is 31.0 Å². The van der Waals surface area contributed by atoms with E-state index in [1.165, 1.54) is 25.7 Å². The lowest BCUT2D eigenvalue weighted by atomic mass is 10.0. The fraction of sp³-hybridized carbons (Fsp3) is 0.462. The molecule has 2 aromatic rings. The van der Waals surface area contributed by atoms with Crippen LogP contribution in [0.4, 0.5) is 0 Å². The summed E-state index contributed by atoms with van der Waals surface area (Å²) in [6.45, 7) is 0. The third-order valence-corrected chi connectivity index (χ3v) is 4.80. The van der Waals surface area contributed by atoms with E-state index >= 15 is 0 Å². The average Bonchev–Trinajstić information content (AvgIpc) is 3.03. The van der Waals surface area contributed by atoms with Gasteiger partial charge in [-0.1, -0.05) is 24.4 Å². The van der Waals surface area contributed by atoms with Gasteiger partial charge < -0.3 is 0 Å². The predicted octanol–water partition coefficient (Wildman–Crippen LogP) is 3.95. The first-order chi connectivity index (χ1) is 9.15. The molecule has 1 fully saturated rings. The minimum atomic E-state index is 0.470. The molecule has 0 aromatic carbocycles. The third kappa shape index (κ3) is 2.54. The Balaban J connectivity index is 2.06. The topological polar surface area (TPSA) is 43.6 Å². The number of halogens is 2. The highest BCUT2D eigenvalue weighted by Gasteiger charge is 2.24. The molecule has 100 valence electrons. The molecule has 0 bridgehead atoms. The number of hydrogen-bond donors (Lipinski definition) is 0. The molecule has 0 radical (unpaired) electrons. The largest absolute Gasteiger partial charge is 0.275 e. The molecule has 0 spiro atoms. The molecule has 0 unspecified atom stereocenters. The van der Waals surface area contributed by atoms with Crippen LogP contribution in [0.1, 0.15) is 37.3 Å². The second-order valence-corrected chi connectivity index (χ2v) is 6.04. The molecule has 1 aliphatic carbocycles. The van der Waals surface area contributed by atoms with E-state index in [4.69, 9.17) is 11.6 Å². The SMILES string of the molecule is Cn1ccc(-c2nc(Cl)c(Br)c(C3CCCC3)n2)n1. The van der Waals surface area contributed by atoms with E-state index < -0.39 is 0 Å². The van der Waals surface area contributed by atoms with Crippen LogP contribution in [0.5, 0.6) is 0 Å². The molecule has 0 aliphatic heterocycles. The highest BCUT2D eigenvalue weighted by Crippen LogP contribution is 2.39. The van der Waals surface area contributed by atoms with Crippen molar-refractivity contribution in [3.8, 4) is 11.5 Å². The maximum Gasteiger partial charge on any atom is 0.181 e. The zero-order valence-electron chi connectivity index (χ0n) is 10.6. The molecular formula is C13H14BrClN4. The van der Waals surface area contributed by atoms with E-state index in [9.17, 15) is 0 Å². The third-order valence-electron chi connectivity index (χ3n) is 3.52. The highest BCUT2D eigenvalue weighted by atomic mass is 79.9. The molecule has 3 rings (SSSR count). The van der Waals surface area contributed by atoms with Gasteiger partial charge in [-0.05, 0) is 34.8 Å². The van der Waals surface area contributed by atoms with Crippen LogP contribution >= 0.6 is 27.5 Å². The quantitative estimate of drug-likeness (QED) is 0.777. The minimum absolute atomic E-state index is 0.470. The van der Waals surface area contributed by atoms with Crippen molar-refractivity contribution in [2.45, 2.75) is 31.6 Å². The molecule has 0 saturated heterocycles. The van der Waals surface area contributed by atoms with E-state index in [-0.39, 0.29) is 0 Å². The van der Waals surface area contributed by atoms with Crippen LogP contribution in [0.3, 0.4) is 0 Å². The maximum atomic E-state index is 6.22. The summed E-state index contributed by atoms with van der Waals surface area (Å²) in [6, 6.07) is 1.90. The lowest BCUT2D eigenvalue weighted by molar-refractivity contribution is 0.689. The Morgan fingerprint density at radius 1 is 1.32 bits per heavy atom. The summed E-state index contributed by atoms with van der Waals surface area (Å²) in [4.78, 5) is 9.00. The molecule has 6 heteroatoms. The van der Waals surface area contributed by atoms with Crippen LogP contribution in [0.2, 0.25) is 5.15 Å². The second-order valence-electron chi connectivity index (χ2n) is 4.89. The number of aryl methyl sites for hydroxylation is 1. The van der Waals surface area contributed by atoms with Crippen molar-refractivity contribution in [3.05, 3.63) is 27.6 Å².